The Bertz CT molecular complexity index is 3920. The van der Waals surface area contributed by atoms with Crippen LogP contribution in [0.25, 0.3) is 38.9 Å². The lowest BCUT2D eigenvalue weighted by Gasteiger charge is -2.13. The number of nitrogens with zero attached hydrogens (tertiary/aromatic N) is 9. The van der Waals surface area contributed by atoms with Gasteiger partial charge in [0, 0.05) is 65.0 Å². The lowest BCUT2D eigenvalue weighted by Crippen LogP contribution is -2.05. The van der Waals surface area contributed by atoms with Gasteiger partial charge in [-0.25, -0.2) is 19.9 Å². The van der Waals surface area contributed by atoms with Crippen LogP contribution in [0.5, 0.6) is 34.6 Å². The predicted molar refractivity (Wildman–Crippen MR) is 299 cm³/mol. The molecule has 0 amide bonds. The number of fused-ring (bicyclic) bond motifs is 3. The third kappa shape index (κ3) is 12.3. The van der Waals surface area contributed by atoms with Crippen LogP contribution in [0, 0.1) is 20.8 Å². The standard InChI is InChI=1S/C19H20N4O4S.C19H18N4O2S.C16H18N4O4S/c1-11-9-21-15(17(26-3)16(11)25-2)10-28(24)19-22-13-5-4-12(8-14(13)23-19)18-20-6-7-27-18;1-13-17(20-8-7-18(13)25-2)12-26(24)19-21-15-6-5-14(11-16(15)22-19)23-9-3-4-10-23;1-9-7-17-11(14(24-4)13(9)23-3)8-25(21)16-18-10-5-6-12(22-2)19-15(10)20-16/h4-5,8-9H,6-7,10H2,1-3H3,(H,22,23);3-11H,12H2,1-2H3,(H,21,22);5-7H,8H2,1-4H3,(H,18,19,20). The van der Waals surface area contributed by atoms with E-state index in [-0.39, 0.29) is 17.3 Å². The molecule has 9 heterocycles. The second kappa shape index (κ2) is 24.8. The number of aryl methyl sites for hydroxylation is 2. The van der Waals surface area contributed by atoms with Gasteiger partial charge in [-0.3, -0.25) is 27.6 Å². The third-order valence-corrected chi connectivity index (χ3v) is 15.9. The molecule has 0 spiro atoms. The maximum absolute atomic E-state index is 12.9. The molecule has 0 fully saturated rings. The van der Waals surface area contributed by atoms with Crippen molar-refractivity contribution in [3.05, 3.63) is 137 Å². The van der Waals surface area contributed by atoms with Crippen LogP contribution in [0.2, 0.25) is 0 Å². The van der Waals surface area contributed by atoms with Crippen molar-refractivity contribution in [2.24, 2.45) is 4.99 Å². The molecule has 22 nitrogen and oxygen atoms in total. The highest BCUT2D eigenvalue weighted by molar-refractivity contribution is 7.84. The van der Waals surface area contributed by atoms with E-state index in [1.165, 1.54) is 14.2 Å². The number of hydrogen-bond donors (Lipinski definition) is 3. The molecule has 3 N–H and O–H groups in total. The zero-order chi connectivity index (χ0) is 55.7. The van der Waals surface area contributed by atoms with E-state index >= 15 is 0 Å². The van der Waals surface area contributed by atoms with Crippen molar-refractivity contribution in [2.75, 3.05) is 55.8 Å². The first-order valence-corrected chi connectivity index (χ1v) is 28.3. The van der Waals surface area contributed by atoms with Crippen molar-refractivity contribution in [1.29, 1.82) is 0 Å². The fourth-order valence-electron chi connectivity index (χ4n) is 8.40. The first-order chi connectivity index (χ1) is 38.3. The Morgan fingerprint density at radius 2 is 1.13 bits per heavy atom. The Hall–Kier alpha value is -8.55. The van der Waals surface area contributed by atoms with Gasteiger partial charge in [-0.2, -0.15) is 4.98 Å². The molecule has 0 bridgehead atoms. The molecule has 410 valence electrons. The Morgan fingerprint density at radius 1 is 0.570 bits per heavy atom. The molecule has 10 aromatic rings. The average molecular weight is 1130 g/mol. The summed E-state index contributed by atoms with van der Waals surface area (Å²) in [5, 5.41) is 1.15. The molecule has 2 aromatic carbocycles. The van der Waals surface area contributed by atoms with E-state index in [1.54, 1.807) is 65.2 Å². The number of aromatic nitrogens is 11. The van der Waals surface area contributed by atoms with Crippen molar-refractivity contribution in [3.63, 3.8) is 0 Å². The molecule has 0 radical (unpaired) electrons. The van der Waals surface area contributed by atoms with Crippen molar-refractivity contribution >= 4 is 71.5 Å². The van der Waals surface area contributed by atoms with Crippen molar-refractivity contribution in [3.8, 4) is 40.3 Å². The second-order valence-electron chi connectivity index (χ2n) is 17.4. The molecule has 11 rings (SSSR count). The number of nitrogens with one attached hydrogen (secondary N) is 3. The molecule has 25 heteroatoms. The first kappa shape index (κ1) is 55.2. The summed E-state index contributed by atoms with van der Waals surface area (Å²) in [6, 6.07) is 20.8. The minimum Gasteiger partial charge on any atom is -0.496 e. The largest absolute Gasteiger partial charge is 0.496 e. The number of methoxy groups -OCH3 is 6. The number of aromatic amines is 3. The number of rotatable bonds is 17. The summed E-state index contributed by atoms with van der Waals surface area (Å²) in [6.07, 6.45) is 8.97. The van der Waals surface area contributed by atoms with Gasteiger partial charge < -0.3 is 52.7 Å². The van der Waals surface area contributed by atoms with E-state index in [4.69, 9.17) is 33.2 Å². The molecule has 0 saturated carbocycles. The van der Waals surface area contributed by atoms with Gasteiger partial charge in [0.1, 0.15) is 12.4 Å². The number of imidazole rings is 3. The Morgan fingerprint density at radius 3 is 1.68 bits per heavy atom. The van der Waals surface area contributed by atoms with Crippen LogP contribution in [0.1, 0.15) is 39.3 Å². The molecule has 1 aliphatic rings. The van der Waals surface area contributed by atoms with E-state index in [0.717, 1.165) is 61.5 Å². The van der Waals surface area contributed by atoms with Crippen LogP contribution < -0.4 is 28.4 Å². The van der Waals surface area contributed by atoms with Crippen LogP contribution in [-0.4, -0.2) is 129 Å². The summed E-state index contributed by atoms with van der Waals surface area (Å²) in [4.78, 5) is 44.1. The van der Waals surface area contributed by atoms with Gasteiger partial charge in [-0.15, -0.1) is 0 Å². The summed E-state index contributed by atoms with van der Waals surface area (Å²) in [5.41, 5.74) is 10.6. The second-order valence-corrected chi connectivity index (χ2v) is 21.5. The average Bonchev–Trinajstić information content (AvgIpc) is 4.38. The van der Waals surface area contributed by atoms with E-state index in [9.17, 15) is 12.6 Å². The zero-order valence-corrected chi connectivity index (χ0v) is 47.1. The summed E-state index contributed by atoms with van der Waals surface area (Å²) in [6.45, 7) is 6.93. The van der Waals surface area contributed by atoms with Crippen molar-refractivity contribution in [1.82, 2.24) is 54.4 Å². The number of benzene rings is 2. The molecular weight excluding hydrogens is 1070 g/mol. The van der Waals surface area contributed by atoms with Crippen molar-refractivity contribution in [2.45, 2.75) is 53.5 Å². The molecule has 79 heavy (non-hydrogen) atoms. The fraction of sp³-hybridized carbons (Fsp3) is 0.259. The highest BCUT2D eigenvalue weighted by atomic mass is 32.2. The SMILES string of the molecule is COc1c(C)cnc(CS(=O)c2nc3ccc(C4=NCCO4)cc3[nH]2)c1OC.COc1ccc2[nH]c(S(=O)Cc3ncc(C)c(OC)c3OC)nc2n1.COc1ccnc(CS(=O)c2nc3ccc(-n4cccc4)cc3[nH]2)c1C. The number of ether oxygens (including phenoxy) is 7. The van der Waals surface area contributed by atoms with Gasteiger partial charge >= 0.3 is 0 Å². The smallest absolute Gasteiger partial charge is 0.216 e. The van der Waals surface area contributed by atoms with Gasteiger partial charge in [0.2, 0.25) is 11.8 Å². The third-order valence-electron chi connectivity index (χ3n) is 12.4. The summed E-state index contributed by atoms with van der Waals surface area (Å²) in [7, 11) is 5.15. The van der Waals surface area contributed by atoms with Crippen LogP contribution in [0.4, 0.5) is 0 Å². The quantitative estimate of drug-likeness (QED) is 0.0786. The Labute approximate surface area is 461 Å². The Balaban J connectivity index is 0.000000144. The molecule has 0 saturated heterocycles. The maximum atomic E-state index is 12.9. The number of hydrogen-bond acceptors (Lipinski definition) is 18. The van der Waals surface area contributed by atoms with Crippen LogP contribution in [0.15, 0.2) is 118 Å². The molecule has 1 aliphatic heterocycles. The number of pyridine rings is 4. The van der Waals surface area contributed by atoms with Gasteiger partial charge in [-0.05, 0) is 81.4 Å². The molecular formula is C54H56N12O10S3. The minimum atomic E-state index is -1.45. The monoisotopic (exact) mass is 1130 g/mol. The number of H-pyrrole nitrogens is 3. The lowest BCUT2D eigenvalue weighted by molar-refractivity contribution is 0.348. The van der Waals surface area contributed by atoms with Gasteiger partial charge in [0.25, 0.3) is 0 Å². The maximum Gasteiger partial charge on any atom is 0.216 e. The Kier molecular flexibility index (Phi) is 17.4. The van der Waals surface area contributed by atoms with Crippen LogP contribution in [0.3, 0.4) is 0 Å². The summed E-state index contributed by atoms with van der Waals surface area (Å²) < 4.78 is 77.9. The van der Waals surface area contributed by atoms with Crippen LogP contribution in [-0.2, 0) is 54.4 Å². The van der Waals surface area contributed by atoms with Crippen LogP contribution >= 0.6 is 0 Å². The topological polar surface area (TPSA) is 271 Å². The molecule has 8 aromatic heterocycles. The normalized spacial score (nSPS) is 13.1. The van der Waals surface area contributed by atoms with E-state index < -0.39 is 32.4 Å². The van der Waals surface area contributed by atoms with Crippen molar-refractivity contribution < 1.29 is 45.8 Å². The van der Waals surface area contributed by atoms with E-state index in [0.29, 0.717) is 85.9 Å². The van der Waals surface area contributed by atoms with Gasteiger partial charge in [0.15, 0.2) is 44.1 Å². The van der Waals surface area contributed by atoms with E-state index in [1.807, 2.05) is 86.3 Å². The predicted octanol–water partition coefficient (Wildman–Crippen LogP) is 7.74. The molecule has 3 atom stereocenters. The highest BCUT2D eigenvalue weighted by Crippen LogP contribution is 2.35. The summed E-state index contributed by atoms with van der Waals surface area (Å²) in [5.74, 6) is 4.54. The van der Waals surface area contributed by atoms with Gasteiger partial charge in [-0.1, -0.05) is 0 Å². The molecule has 0 aliphatic carbocycles. The minimum absolute atomic E-state index is 0.136. The first-order valence-electron chi connectivity index (χ1n) is 24.3. The zero-order valence-electron chi connectivity index (χ0n) is 44.6. The number of aliphatic imine (C=N–C) groups is 1. The lowest BCUT2D eigenvalue weighted by atomic mass is 10.2. The molecule has 3 unspecified atom stereocenters. The summed E-state index contributed by atoms with van der Waals surface area (Å²) >= 11 is 0. The van der Waals surface area contributed by atoms with Gasteiger partial charge in [0.05, 0.1) is 144 Å². The highest BCUT2D eigenvalue weighted by Gasteiger charge is 2.22. The van der Waals surface area contributed by atoms with E-state index in [2.05, 4.69) is 54.8 Å². The fourth-order valence-corrected chi connectivity index (χ4v) is 11.5.